The van der Waals surface area contributed by atoms with Crippen LogP contribution in [0.15, 0.2) is 48.9 Å². The Morgan fingerprint density at radius 2 is 1.97 bits per heavy atom. The smallest absolute Gasteiger partial charge is 0.164 e. The van der Waals surface area contributed by atoms with Crippen LogP contribution in [0.25, 0.3) is 32.5 Å². The van der Waals surface area contributed by atoms with E-state index >= 15 is 0 Å². The molecular formula is C24H23N7O2S. The monoisotopic (exact) mass is 473 g/mol. The first kappa shape index (κ1) is 20.8. The van der Waals surface area contributed by atoms with Crippen molar-refractivity contribution in [2.45, 2.75) is 6.54 Å². The molecule has 1 aliphatic rings. The summed E-state index contributed by atoms with van der Waals surface area (Å²) in [7, 11) is 1.67. The first-order chi connectivity index (χ1) is 16.8. The third kappa shape index (κ3) is 3.91. The number of pyridine rings is 1. The van der Waals surface area contributed by atoms with Crippen LogP contribution in [0.1, 0.15) is 4.88 Å². The highest BCUT2D eigenvalue weighted by atomic mass is 32.1. The van der Waals surface area contributed by atoms with Crippen molar-refractivity contribution < 1.29 is 9.47 Å². The molecule has 0 amide bonds. The van der Waals surface area contributed by atoms with E-state index in [4.69, 9.17) is 19.4 Å². The van der Waals surface area contributed by atoms with Gasteiger partial charge in [-0.3, -0.25) is 10.1 Å². The predicted molar refractivity (Wildman–Crippen MR) is 134 cm³/mol. The SMILES string of the molecule is COc1ccc(NCc2cc3nc(-c4cncc5[nH]ncc45)nc(N4CCOCC4)c3s2)cc1. The molecule has 1 fully saturated rings. The number of anilines is 2. The number of aromatic nitrogens is 5. The fourth-order valence-electron chi connectivity index (χ4n) is 4.10. The molecule has 5 aromatic rings. The summed E-state index contributed by atoms with van der Waals surface area (Å²) < 4.78 is 11.9. The second kappa shape index (κ2) is 8.88. The van der Waals surface area contributed by atoms with E-state index in [2.05, 4.69) is 31.5 Å². The van der Waals surface area contributed by atoms with Gasteiger partial charge in [-0.2, -0.15) is 5.10 Å². The second-order valence-electron chi connectivity index (χ2n) is 8.00. The van der Waals surface area contributed by atoms with E-state index in [1.165, 1.54) is 4.88 Å². The van der Waals surface area contributed by atoms with Crippen LogP contribution in [0, 0.1) is 0 Å². The van der Waals surface area contributed by atoms with E-state index in [0.717, 1.165) is 57.0 Å². The molecule has 1 aliphatic heterocycles. The first-order valence-electron chi connectivity index (χ1n) is 11.1. The third-order valence-electron chi connectivity index (χ3n) is 5.88. The van der Waals surface area contributed by atoms with Gasteiger partial charge >= 0.3 is 0 Å². The highest BCUT2D eigenvalue weighted by Gasteiger charge is 2.21. The Kier molecular flexibility index (Phi) is 5.44. The Hall–Kier alpha value is -3.76. The summed E-state index contributed by atoms with van der Waals surface area (Å²) in [5, 5.41) is 11.6. The van der Waals surface area contributed by atoms with Crippen LogP contribution in [0.3, 0.4) is 0 Å². The number of morpholine rings is 1. The van der Waals surface area contributed by atoms with Gasteiger partial charge in [0.1, 0.15) is 5.75 Å². The lowest BCUT2D eigenvalue weighted by molar-refractivity contribution is 0.122. The molecule has 0 bridgehead atoms. The average molecular weight is 474 g/mol. The molecule has 6 rings (SSSR count). The largest absolute Gasteiger partial charge is 0.497 e. The maximum absolute atomic E-state index is 5.58. The molecule has 2 N–H and O–H groups in total. The lowest BCUT2D eigenvalue weighted by Gasteiger charge is -2.28. The van der Waals surface area contributed by atoms with Gasteiger partial charge in [0.2, 0.25) is 0 Å². The number of benzene rings is 1. The minimum Gasteiger partial charge on any atom is -0.497 e. The lowest BCUT2D eigenvalue weighted by Crippen LogP contribution is -2.36. The minimum atomic E-state index is 0.654. The van der Waals surface area contributed by atoms with Gasteiger partial charge < -0.3 is 19.7 Å². The molecule has 4 aromatic heterocycles. The third-order valence-corrected chi connectivity index (χ3v) is 7.00. The molecule has 0 aliphatic carbocycles. The fourth-order valence-corrected chi connectivity index (χ4v) is 5.15. The van der Waals surface area contributed by atoms with Crippen LogP contribution in [0.5, 0.6) is 5.75 Å². The number of fused-ring (bicyclic) bond motifs is 2. The number of nitrogens with one attached hydrogen (secondary N) is 2. The van der Waals surface area contributed by atoms with Gasteiger partial charge in [0.05, 0.1) is 48.5 Å². The molecule has 0 spiro atoms. The molecule has 9 nitrogen and oxygen atoms in total. The van der Waals surface area contributed by atoms with Crippen molar-refractivity contribution in [3.05, 3.63) is 53.8 Å². The van der Waals surface area contributed by atoms with E-state index in [-0.39, 0.29) is 0 Å². The van der Waals surface area contributed by atoms with Gasteiger partial charge in [0.25, 0.3) is 0 Å². The number of ether oxygens (including phenoxy) is 2. The van der Waals surface area contributed by atoms with Crippen LogP contribution in [0.2, 0.25) is 0 Å². The Balaban J connectivity index is 1.39. The van der Waals surface area contributed by atoms with Crippen molar-refractivity contribution in [3.63, 3.8) is 0 Å². The van der Waals surface area contributed by atoms with E-state index in [1.807, 2.05) is 24.3 Å². The van der Waals surface area contributed by atoms with Crippen LogP contribution >= 0.6 is 11.3 Å². The number of thiophene rings is 1. The van der Waals surface area contributed by atoms with Gasteiger partial charge in [-0.05, 0) is 30.3 Å². The average Bonchev–Trinajstić information content (AvgIpc) is 3.54. The maximum atomic E-state index is 5.58. The molecule has 5 heterocycles. The molecule has 10 heteroatoms. The topological polar surface area (TPSA) is 101 Å². The van der Waals surface area contributed by atoms with Crippen molar-refractivity contribution in [2.24, 2.45) is 0 Å². The first-order valence-corrected chi connectivity index (χ1v) is 11.9. The maximum Gasteiger partial charge on any atom is 0.164 e. The molecule has 0 atom stereocenters. The molecule has 1 saturated heterocycles. The van der Waals surface area contributed by atoms with E-state index in [1.54, 1.807) is 37.0 Å². The van der Waals surface area contributed by atoms with Crippen molar-refractivity contribution in [1.29, 1.82) is 0 Å². The number of aromatic amines is 1. The standard InChI is InChI=1S/C24H23N7O2S/c1-32-16-4-2-15(3-5-16)26-11-17-10-20-22(34-17)24(31-6-8-33-9-7-31)29-23(28-20)19-12-25-14-21-18(19)13-27-30-21/h2-5,10,12-14,26H,6-9,11H2,1H3,(H,27,30). The van der Waals surface area contributed by atoms with Crippen molar-refractivity contribution in [2.75, 3.05) is 43.6 Å². The molecular weight excluding hydrogens is 450 g/mol. The number of nitrogens with zero attached hydrogens (tertiary/aromatic N) is 5. The van der Waals surface area contributed by atoms with Crippen molar-refractivity contribution in [3.8, 4) is 17.1 Å². The summed E-state index contributed by atoms with van der Waals surface area (Å²) in [5.41, 5.74) is 3.70. The van der Waals surface area contributed by atoms with E-state index in [9.17, 15) is 0 Å². The summed E-state index contributed by atoms with van der Waals surface area (Å²) in [6, 6.07) is 10.1. The summed E-state index contributed by atoms with van der Waals surface area (Å²) in [5.74, 6) is 2.44. The van der Waals surface area contributed by atoms with Gasteiger partial charge in [0.15, 0.2) is 11.6 Å². The number of methoxy groups -OCH3 is 1. The molecule has 1 aromatic carbocycles. The van der Waals surface area contributed by atoms with Gasteiger partial charge in [0, 0.05) is 47.3 Å². The van der Waals surface area contributed by atoms with Gasteiger partial charge in [-0.25, -0.2) is 9.97 Å². The molecule has 0 unspecified atom stereocenters. The zero-order chi connectivity index (χ0) is 22.9. The lowest BCUT2D eigenvalue weighted by atomic mass is 10.2. The van der Waals surface area contributed by atoms with E-state index in [0.29, 0.717) is 25.6 Å². The van der Waals surface area contributed by atoms with Crippen LogP contribution in [-0.4, -0.2) is 58.6 Å². The Morgan fingerprint density at radius 1 is 1.12 bits per heavy atom. The highest BCUT2D eigenvalue weighted by Crippen LogP contribution is 2.36. The van der Waals surface area contributed by atoms with Crippen molar-refractivity contribution >= 4 is 44.0 Å². The summed E-state index contributed by atoms with van der Waals surface area (Å²) in [4.78, 5) is 17.8. The molecule has 0 saturated carbocycles. The van der Waals surface area contributed by atoms with Crippen LogP contribution in [-0.2, 0) is 11.3 Å². The number of H-pyrrole nitrogens is 1. The summed E-state index contributed by atoms with van der Waals surface area (Å²) in [6.07, 6.45) is 5.37. The Labute approximate surface area is 199 Å². The predicted octanol–water partition coefficient (Wildman–Crippen LogP) is 4.09. The van der Waals surface area contributed by atoms with Crippen LogP contribution < -0.4 is 15.0 Å². The van der Waals surface area contributed by atoms with Gasteiger partial charge in [-0.1, -0.05) is 0 Å². The number of rotatable bonds is 6. The minimum absolute atomic E-state index is 0.654. The highest BCUT2D eigenvalue weighted by molar-refractivity contribution is 7.19. The normalized spacial score (nSPS) is 14.1. The second-order valence-corrected chi connectivity index (χ2v) is 9.13. The summed E-state index contributed by atoms with van der Waals surface area (Å²) >= 11 is 1.72. The fraction of sp³-hybridized carbons (Fsp3) is 0.250. The molecule has 0 radical (unpaired) electrons. The zero-order valence-corrected chi connectivity index (χ0v) is 19.4. The Bertz CT molecular complexity index is 1440. The Morgan fingerprint density at radius 3 is 2.79 bits per heavy atom. The molecule has 172 valence electrons. The van der Waals surface area contributed by atoms with Crippen LogP contribution in [0.4, 0.5) is 11.5 Å². The van der Waals surface area contributed by atoms with Crippen molar-refractivity contribution in [1.82, 2.24) is 25.1 Å². The molecule has 34 heavy (non-hydrogen) atoms. The number of hydrogen-bond donors (Lipinski definition) is 2. The zero-order valence-electron chi connectivity index (χ0n) is 18.6. The summed E-state index contributed by atoms with van der Waals surface area (Å²) in [6.45, 7) is 3.69. The van der Waals surface area contributed by atoms with Gasteiger partial charge in [-0.15, -0.1) is 11.3 Å². The van der Waals surface area contributed by atoms with E-state index < -0.39 is 0 Å². The number of hydrogen-bond acceptors (Lipinski definition) is 9. The quantitative estimate of drug-likeness (QED) is 0.380.